The third kappa shape index (κ3) is 5.20. The molecule has 2 N–H and O–H groups in total. The Kier molecular flexibility index (Phi) is 6.31. The zero-order chi connectivity index (χ0) is 14.4. The number of benzene rings is 1. The van der Waals surface area contributed by atoms with Gasteiger partial charge < -0.3 is 15.5 Å². The molecular weight excluding hydrogens is 306 g/mol. The van der Waals surface area contributed by atoms with Crippen LogP contribution in [0.1, 0.15) is 20.3 Å². The maximum absolute atomic E-state index is 11.9. The summed E-state index contributed by atoms with van der Waals surface area (Å²) in [6.07, 6.45) is 1.01. The van der Waals surface area contributed by atoms with Gasteiger partial charge in [-0.3, -0.25) is 4.79 Å². The van der Waals surface area contributed by atoms with Crippen LogP contribution in [0.25, 0.3) is 0 Å². The fraction of sp³-hybridized carbons (Fsp3) is 0.500. The van der Waals surface area contributed by atoms with Crippen LogP contribution < -0.4 is 15.5 Å². The smallest absolute Gasteiger partial charge is 0.238 e. The van der Waals surface area contributed by atoms with Crippen molar-refractivity contribution in [1.82, 2.24) is 5.32 Å². The number of halogens is 1. The number of nitrogens with one attached hydrogen (secondary N) is 2. The highest BCUT2D eigenvalue weighted by molar-refractivity contribution is 9.10. The van der Waals surface area contributed by atoms with Crippen molar-refractivity contribution in [2.24, 2.45) is 0 Å². The molecule has 1 rings (SSSR count). The monoisotopic (exact) mass is 327 g/mol. The fourth-order valence-corrected chi connectivity index (χ4v) is 1.97. The quantitative estimate of drug-likeness (QED) is 0.844. The summed E-state index contributed by atoms with van der Waals surface area (Å²) in [5, 5.41) is 6.12. The molecule has 5 heteroatoms. The lowest BCUT2D eigenvalue weighted by atomic mass is 10.2. The average Bonchev–Trinajstić information content (AvgIpc) is 2.35. The fourth-order valence-electron chi connectivity index (χ4n) is 1.60. The summed E-state index contributed by atoms with van der Waals surface area (Å²) in [5.74, 6) is -0.0264. The van der Waals surface area contributed by atoms with Gasteiger partial charge in [0.2, 0.25) is 5.91 Å². The maximum Gasteiger partial charge on any atom is 0.238 e. The molecule has 1 unspecified atom stereocenters. The molecule has 0 fully saturated rings. The lowest BCUT2D eigenvalue weighted by Crippen LogP contribution is -2.34. The number of nitrogens with zero attached hydrogens (tertiary/aromatic N) is 1. The summed E-state index contributed by atoms with van der Waals surface area (Å²) in [7, 11) is 3.91. The van der Waals surface area contributed by atoms with Crippen LogP contribution in [0.5, 0.6) is 0 Å². The molecule has 0 saturated carbocycles. The minimum Gasteiger partial charge on any atom is -0.376 e. The van der Waals surface area contributed by atoms with Crippen molar-refractivity contribution >= 4 is 33.2 Å². The van der Waals surface area contributed by atoms with E-state index in [0.29, 0.717) is 12.6 Å². The Morgan fingerprint density at radius 3 is 2.68 bits per heavy atom. The standard InChI is InChI=1S/C14H22BrN3O/c1-5-10(2)16-9-14(19)17-12-8-11(15)6-7-13(12)18(3)4/h6-8,10,16H,5,9H2,1-4H3,(H,17,19). The van der Waals surface area contributed by atoms with Crippen LogP contribution in [0.3, 0.4) is 0 Å². The summed E-state index contributed by atoms with van der Waals surface area (Å²) in [6, 6.07) is 6.20. The Bertz CT molecular complexity index is 435. The molecule has 0 saturated heterocycles. The van der Waals surface area contributed by atoms with E-state index in [1.54, 1.807) is 0 Å². The van der Waals surface area contributed by atoms with E-state index >= 15 is 0 Å². The van der Waals surface area contributed by atoms with Crippen molar-refractivity contribution < 1.29 is 4.79 Å². The molecule has 0 aliphatic carbocycles. The number of rotatable bonds is 6. The van der Waals surface area contributed by atoms with E-state index < -0.39 is 0 Å². The second kappa shape index (κ2) is 7.50. The Labute approximate surface area is 123 Å². The molecule has 0 aliphatic heterocycles. The Hall–Kier alpha value is -1.07. The number of carbonyl (C=O) groups is 1. The van der Waals surface area contributed by atoms with Crippen molar-refractivity contribution in [3.8, 4) is 0 Å². The van der Waals surface area contributed by atoms with Crippen LogP contribution in [0.4, 0.5) is 11.4 Å². The summed E-state index contributed by atoms with van der Waals surface area (Å²) in [5.41, 5.74) is 1.80. The van der Waals surface area contributed by atoms with Crippen LogP contribution in [-0.4, -0.2) is 32.6 Å². The first-order chi connectivity index (χ1) is 8.93. The molecule has 1 aromatic carbocycles. The summed E-state index contributed by atoms with van der Waals surface area (Å²) in [4.78, 5) is 13.9. The molecular formula is C14H22BrN3O. The first-order valence-electron chi connectivity index (χ1n) is 6.44. The summed E-state index contributed by atoms with van der Waals surface area (Å²) < 4.78 is 0.947. The van der Waals surface area contributed by atoms with E-state index in [1.807, 2.05) is 37.2 Å². The summed E-state index contributed by atoms with van der Waals surface area (Å²) >= 11 is 3.42. The zero-order valence-corrected chi connectivity index (χ0v) is 13.5. The van der Waals surface area contributed by atoms with Crippen LogP contribution in [0.15, 0.2) is 22.7 Å². The van der Waals surface area contributed by atoms with Gasteiger partial charge in [0.05, 0.1) is 17.9 Å². The maximum atomic E-state index is 11.9. The topological polar surface area (TPSA) is 44.4 Å². The van der Waals surface area contributed by atoms with Crippen molar-refractivity contribution in [3.05, 3.63) is 22.7 Å². The van der Waals surface area contributed by atoms with Gasteiger partial charge >= 0.3 is 0 Å². The number of carbonyl (C=O) groups excluding carboxylic acids is 1. The Morgan fingerprint density at radius 1 is 1.42 bits per heavy atom. The van der Waals surface area contributed by atoms with Crippen LogP contribution in [-0.2, 0) is 4.79 Å². The second-order valence-corrected chi connectivity index (χ2v) is 5.71. The first kappa shape index (κ1) is 16.0. The molecule has 4 nitrogen and oxygen atoms in total. The molecule has 106 valence electrons. The molecule has 0 radical (unpaired) electrons. The number of hydrogen-bond donors (Lipinski definition) is 2. The van der Waals surface area contributed by atoms with Crippen LogP contribution in [0.2, 0.25) is 0 Å². The molecule has 1 atom stereocenters. The van der Waals surface area contributed by atoms with E-state index in [1.165, 1.54) is 0 Å². The first-order valence-corrected chi connectivity index (χ1v) is 7.23. The van der Waals surface area contributed by atoms with E-state index in [-0.39, 0.29) is 5.91 Å². The summed E-state index contributed by atoms with van der Waals surface area (Å²) in [6.45, 7) is 4.49. The molecule has 0 aromatic heterocycles. The zero-order valence-electron chi connectivity index (χ0n) is 12.0. The SMILES string of the molecule is CCC(C)NCC(=O)Nc1cc(Br)ccc1N(C)C. The lowest BCUT2D eigenvalue weighted by molar-refractivity contribution is -0.115. The highest BCUT2D eigenvalue weighted by atomic mass is 79.9. The van der Waals surface area contributed by atoms with Gasteiger partial charge in [-0.15, -0.1) is 0 Å². The number of hydrogen-bond acceptors (Lipinski definition) is 3. The molecule has 0 aliphatic rings. The molecule has 19 heavy (non-hydrogen) atoms. The van der Waals surface area contributed by atoms with Crippen LogP contribution >= 0.6 is 15.9 Å². The Morgan fingerprint density at radius 2 is 2.11 bits per heavy atom. The Balaban J connectivity index is 2.70. The highest BCUT2D eigenvalue weighted by Crippen LogP contribution is 2.27. The molecule has 1 amide bonds. The largest absolute Gasteiger partial charge is 0.376 e. The lowest BCUT2D eigenvalue weighted by Gasteiger charge is -2.19. The predicted molar refractivity (Wildman–Crippen MR) is 84.9 cm³/mol. The van der Waals surface area contributed by atoms with E-state index in [0.717, 1.165) is 22.3 Å². The van der Waals surface area contributed by atoms with Crippen molar-refractivity contribution in [2.45, 2.75) is 26.3 Å². The number of amides is 1. The van der Waals surface area contributed by atoms with Crippen molar-refractivity contribution in [2.75, 3.05) is 30.9 Å². The minimum absolute atomic E-state index is 0.0264. The van der Waals surface area contributed by atoms with E-state index in [2.05, 4.69) is 40.4 Å². The van der Waals surface area contributed by atoms with Crippen molar-refractivity contribution in [3.63, 3.8) is 0 Å². The average molecular weight is 328 g/mol. The molecule has 0 spiro atoms. The van der Waals surface area contributed by atoms with Gasteiger partial charge in [0.15, 0.2) is 0 Å². The van der Waals surface area contributed by atoms with Gasteiger partial charge in [-0.05, 0) is 31.5 Å². The molecule has 1 aromatic rings. The predicted octanol–water partition coefficient (Wildman–Crippen LogP) is 2.84. The minimum atomic E-state index is -0.0264. The molecule has 0 heterocycles. The van der Waals surface area contributed by atoms with Gasteiger partial charge in [0, 0.05) is 24.6 Å². The van der Waals surface area contributed by atoms with E-state index in [9.17, 15) is 4.79 Å². The van der Waals surface area contributed by atoms with Crippen LogP contribution in [0, 0.1) is 0 Å². The van der Waals surface area contributed by atoms with Gasteiger partial charge in [0.1, 0.15) is 0 Å². The molecule has 0 bridgehead atoms. The van der Waals surface area contributed by atoms with Crippen molar-refractivity contribution in [1.29, 1.82) is 0 Å². The normalized spacial score (nSPS) is 12.1. The second-order valence-electron chi connectivity index (χ2n) is 4.79. The van der Waals surface area contributed by atoms with Gasteiger partial charge in [-0.25, -0.2) is 0 Å². The van der Waals surface area contributed by atoms with Gasteiger partial charge in [-0.2, -0.15) is 0 Å². The van der Waals surface area contributed by atoms with E-state index in [4.69, 9.17) is 0 Å². The van der Waals surface area contributed by atoms with Gasteiger partial charge in [0.25, 0.3) is 0 Å². The number of anilines is 2. The van der Waals surface area contributed by atoms with Gasteiger partial charge in [-0.1, -0.05) is 22.9 Å². The third-order valence-corrected chi connectivity index (χ3v) is 3.43. The highest BCUT2D eigenvalue weighted by Gasteiger charge is 2.09. The third-order valence-electron chi connectivity index (χ3n) is 2.94.